The lowest BCUT2D eigenvalue weighted by molar-refractivity contribution is -0.148. The van der Waals surface area contributed by atoms with Crippen molar-refractivity contribution in [3.8, 4) is 22.9 Å². The second-order valence-electron chi connectivity index (χ2n) is 17.5. The number of carbonyl (C=O) groups excluding carboxylic acids is 4. The first-order valence-electron chi connectivity index (χ1n) is 20.4. The highest BCUT2D eigenvalue weighted by Crippen LogP contribution is 2.46. The SMILES string of the molecule is C=C[C@@H]1C[C@]1(NC(=O)[C@@H]1C[C@@H](Oc2cc(-c3ccccn3)c3ccc4c(c3n2)CCO4)CN1C(=O)[C@@H](CC(=O)N1CCCCC1)C(C)(C)C)C(=O)NS(=O)(=O)C1CC1. The van der Waals surface area contributed by atoms with E-state index in [1.807, 2.05) is 62.1 Å². The molecule has 14 nitrogen and oxygen atoms in total. The molecule has 0 radical (unpaired) electrons. The number of hydrogen-bond acceptors (Lipinski definition) is 10. The van der Waals surface area contributed by atoms with Crippen molar-refractivity contribution >= 4 is 44.6 Å². The predicted octanol–water partition coefficient (Wildman–Crippen LogP) is 4.31. The Morgan fingerprint density at radius 1 is 1.10 bits per heavy atom. The van der Waals surface area contributed by atoms with Gasteiger partial charge in [0.2, 0.25) is 33.6 Å². The molecule has 58 heavy (non-hydrogen) atoms. The zero-order chi connectivity index (χ0) is 41.0. The molecule has 5 atom stereocenters. The quantitative estimate of drug-likeness (QED) is 0.251. The Morgan fingerprint density at radius 2 is 1.88 bits per heavy atom. The second kappa shape index (κ2) is 15.3. The highest BCUT2D eigenvalue weighted by molar-refractivity contribution is 7.91. The van der Waals surface area contributed by atoms with Crippen LogP contribution in [0.4, 0.5) is 0 Å². The van der Waals surface area contributed by atoms with E-state index in [1.54, 1.807) is 6.20 Å². The molecule has 2 N–H and O–H groups in total. The van der Waals surface area contributed by atoms with Gasteiger partial charge in [0.25, 0.3) is 5.91 Å². The van der Waals surface area contributed by atoms with Crippen molar-refractivity contribution in [3.63, 3.8) is 0 Å². The number of carbonyl (C=O) groups is 4. The first-order chi connectivity index (χ1) is 27.7. The van der Waals surface area contributed by atoms with Gasteiger partial charge in [-0.05, 0) is 68.2 Å². The number of sulfonamides is 1. The fraction of sp³-hybridized carbons (Fsp3) is 0.535. The molecule has 4 amide bonds. The lowest BCUT2D eigenvalue weighted by atomic mass is 9.77. The summed E-state index contributed by atoms with van der Waals surface area (Å²) in [4.78, 5) is 69.6. The number of amides is 4. The normalized spacial score (nSPS) is 24.7. The summed E-state index contributed by atoms with van der Waals surface area (Å²) in [6, 6.07) is 10.3. The van der Waals surface area contributed by atoms with E-state index in [4.69, 9.17) is 14.5 Å². The number of piperidine rings is 1. The molecular weight excluding hydrogens is 761 g/mol. The molecule has 0 unspecified atom stereocenters. The van der Waals surface area contributed by atoms with E-state index in [0.717, 1.165) is 52.7 Å². The van der Waals surface area contributed by atoms with E-state index < -0.39 is 62.0 Å². The second-order valence-corrected chi connectivity index (χ2v) is 19.4. The minimum absolute atomic E-state index is 0.0101. The van der Waals surface area contributed by atoms with Gasteiger partial charge in [0.15, 0.2) is 0 Å². The Kier molecular flexibility index (Phi) is 10.5. The van der Waals surface area contributed by atoms with Crippen LogP contribution in [0.5, 0.6) is 11.6 Å². The molecule has 15 heteroatoms. The number of nitrogens with one attached hydrogen (secondary N) is 2. The number of benzene rings is 1. The molecule has 5 heterocycles. The molecule has 0 bridgehead atoms. The van der Waals surface area contributed by atoms with E-state index in [0.29, 0.717) is 39.0 Å². The summed E-state index contributed by atoms with van der Waals surface area (Å²) in [5, 5.41) is 3.11. The summed E-state index contributed by atoms with van der Waals surface area (Å²) >= 11 is 0. The third-order valence-electron chi connectivity index (χ3n) is 12.4. The first kappa shape index (κ1) is 39.8. The molecule has 2 saturated heterocycles. The number of fused-ring (bicyclic) bond motifs is 3. The van der Waals surface area contributed by atoms with Crippen LogP contribution in [0.2, 0.25) is 0 Å². The van der Waals surface area contributed by atoms with Gasteiger partial charge in [-0.2, -0.15) is 0 Å². The van der Waals surface area contributed by atoms with Crippen LogP contribution < -0.4 is 19.5 Å². The summed E-state index contributed by atoms with van der Waals surface area (Å²) in [5.41, 5.74) is 1.01. The standard InChI is InChI=1S/C43H52N6O8S/c1-5-26-24-43(26,41(53)47-58(54,55)28-12-13-28)46-39(51)34-21-27(25-49(34)40(52)32(42(2,3)4)23-37(50)48-18-9-6-10-19-48)57-36-22-31(33-11-7-8-17-44-33)29-14-15-35-30(16-20-56-35)38(29)45-36/h5,7-8,11,14-15,17,22,26-28,32,34H,1,6,9-10,12-13,16,18-21,23-25H2,2-4H3,(H,46,51)(H,47,53)/t26-,27-,32-,34+,43-/m1/s1. The van der Waals surface area contributed by atoms with Crippen molar-refractivity contribution < 1.29 is 37.1 Å². The number of ether oxygens (including phenoxy) is 2. The molecular formula is C43H52N6O8S. The number of hydrogen-bond donors (Lipinski definition) is 2. The number of aromatic nitrogens is 2. The summed E-state index contributed by atoms with van der Waals surface area (Å²) in [5.74, 6) is -2.14. The lowest BCUT2D eigenvalue weighted by Gasteiger charge is -2.36. The smallest absolute Gasteiger partial charge is 0.259 e. The van der Waals surface area contributed by atoms with E-state index in [1.165, 1.54) is 11.0 Å². The van der Waals surface area contributed by atoms with Gasteiger partial charge in [-0.15, -0.1) is 6.58 Å². The van der Waals surface area contributed by atoms with Gasteiger partial charge in [0.05, 0.1) is 35.5 Å². The fourth-order valence-electron chi connectivity index (χ4n) is 8.72. The zero-order valence-electron chi connectivity index (χ0n) is 33.4. The first-order valence-corrected chi connectivity index (χ1v) is 22.0. The lowest BCUT2D eigenvalue weighted by Crippen LogP contribution is -2.57. The average molecular weight is 813 g/mol. The topological polar surface area (TPSA) is 177 Å². The zero-order valence-corrected chi connectivity index (χ0v) is 34.2. The molecule has 8 rings (SSSR count). The molecule has 4 fully saturated rings. The van der Waals surface area contributed by atoms with Crippen molar-refractivity contribution in [2.75, 3.05) is 26.2 Å². The summed E-state index contributed by atoms with van der Waals surface area (Å²) in [6.45, 7) is 11.4. The fourth-order valence-corrected chi connectivity index (χ4v) is 10.1. The van der Waals surface area contributed by atoms with Crippen molar-refractivity contribution in [1.82, 2.24) is 29.8 Å². The molecule has 2 aromatic heterocycles. The Labute approximate surface area is 339 Å². The number of pyridine rings is 2. The van der Waals surface area contributed by atoms with E-state index >= 15 is 0 Å². The monoisotopic (exact) mass is 812 g/mol. The van der Waals surface area contributed by atoms with Crippen molar-refractivity contribution in [2.24, 2.45) is 17.3 Å². The van der Waals surface area contributed by atoms with Gasteiger partial charge in [0.1, 0.15) is 23.4 Å². The Hall–Kier alpha value is -5.05. The summed E-state index contributed by atoms with van der Waals surface area (Å²) < 4.78 is 40.3. The third-order valence-corrected chi connectivity index (χ3v) is 14.2. The highest BCUT2D eigenvalue weighted by atomic mass is 32.2. The summed E-state index contributed by atoms with van der Waals surface area (Å²) in [7, 11) is -3.90. The van der Waals surface area contributed by atoms with Gasteiger partial charge in [-0.3, -0.25) is 28.9 Å². The van der Waals surface area contributed by atoms with Gasteiger partial charge < -0.3 is 24.6 Å². The maximum atomic E-state index is 14.9. The van der Waals surface area contributed by atoms with Gasteiger partial charge in [0, 0.05) is 67.0 Å². The van der Waals surface area contributed by atoms with Gasteiger partial charge in [-0.25, -0.2) is 13.4 Å². The van der Waals surface area contributed by atoms with Crippen LogP contribution in [-0.4, -0.2) is 101 Å². The van der Waals surface area contributed by atoms with Crippen molar-refractivity contribution in [2.45, 2.75) is 101 Å². The Balaban J connectivity index is 1.11. The van der Waals surface area contributed by atoms with Crippen LogP contribution in [0.3, 0.4) is 0 Å². The third kappa shape index (κ3) is 7.76. The summed E-state index contributed by atoms with van der Waals surface area (Å²) in [6.07, 6.45) is 7.23. The molecule has 0 spiro atoms. The Morgan fingerprint density at radius 3 is 2.55 bits per heavy atom. The van der Waals surface area contributed by atoms with Gasteiger partial charge in [-0.1, -0.05) is 32.9 Å². The van der Waals surface area contributed by atoms with Crippen LogP contribution in [0, 0.1) is 17.3 Å². The van der Waals surface area contributed by atoms with Gasteiger partial charge >= 0.3 is 0 Å². The number of likely N-dealkylation sites (tertiary alicyclic amines) is 2. The van der Waals surface area contributed by atoms with Crippen LogP contribution >= 0.6 is 0 Å². The van der Waals surface area contributed by atoms with E-state index in [-0.39, 0.29) is 43.5 Å². The molecule has 2 aliphatic carbocycles. The largest absolute Gasteiger partial charge is 0.493 e. The predicted molar refractivity (Wildman–Crippen MR) is 216 cm³/mol. The van der Waals surface area contributed by atoms with Crippen LogP contribution in [0.15, 0.2) is 55.3 Å². The maximum absolute atomic E-state index is 14.9. The van der Waals surface area contributed by atoms with Crippen molar-refractivity contribution in [3.05, 3.63) is 60.8 Å². The van der Waals surface area contributed by atoms with Crippen LogP contribution in [-0.2, 0) is 35.6 Å². The minimum Gasteiger partial charge on any atom is -0.493 e. The molecule has 3 aromatic rings. The molecule has 1 aromatic carbocycles. The number of nitrogens with zero attached hydrogens (tertiary/aromatic N) is 4. The maximum Gasteiger partial charge on any atom is 0.259 e. The van der Waals surface area contributed by atoms with Crippen LogP contribution in [0.1, 0.15) is 77.7 Å². The van der Waals surface area contributed by atoms with Crippen LogP contribution in [0.25, 0.3) is 22.2 Å². The molecule has 2 saturated carbocycles. The van der Waals surface area contributed by atoms with E-state index in [2.05, 4.69) is 21.6 Å². The minimum atomic E-state index is -3.90. The molecule has 3 aliphatic heterocycles. The Bertz CT molecular complexity index is 2250. The van der Waals surface area contributed by atoms with E-state index in [9.17, 15) is 27.6 Å². The molecule has 308 valence electrons. The van der Waals surface area contributed by atoms with Crippen molar-refractivity contribution in [1.29, 1.82) is 0 Å². The average Bonchev–Trinajstić information content (AvgIpc) is 4.09. The highest BCUT2D eigenvalue weighted by Gasteiger charge is 2.62. The molecule has 5 aliphatic rings. The number of rotatable bonds is 12.